The Bertz CT molecular complexity index is 945. The van der Waals surface area contributed by atoms with Crippen LogP contribution in [0.3, 0.4) is 0 Å². The van der Waals surface area contributed by atoms with E-state index in [1.165, 1.54) is 11.8 Å². The molecule has 0 radical (unpaired) electrons. The van der Waals surface area contributed by atoms with Crippen LogP contribution in [-0.4, -0.2) is 28.4 Å². The molecule has 0 saturated heterocycles. The van der Waals surface area contributed by atoms with E-state index in [0.29, 0.717) is 34.4 Å². The van der Waals surface area contributed by atoms with Gasteiger partial charge in [0.1, 0.15) is 0 Å². The van der Waals surface area contributed by atoms with Crippen molar-refractivity contribution >= 4 is 29.2 Å². The first-order valence-corrected chi connectivity index (χ1v) is 8.39. The molecular weight excluding hydrogens is 332 g/mol. The minimum Gasteiger partial charge on any atom is -0.326 e. The highest BCUT2D eigenvalue weighted by molar-refractivity contribution is 6.22. The van der Waals surface area contributed by atoms with E-state index in [-0.39, 0.29) is 29.9 Å². The predicted molar refractivity (Wildman–Crippen MR) is 94.0 cm³/mol. The Morgan fingerprint density at radius 1 is 1.00 bits per heavy atom. The first-order chi connectivity index (χ1) is 12.5. The van der Waals surface area contributed by atoms with Crippen molar-refractivity contribution in [2.75, 3.05) is 5.32 Å². The van der Waals surface area contributed by atoms with Gasteiger partial charge in [-0.3, -0.25) is 24.1 Å². The zero-order valence-electron chi connectivity index (χ0n) is 14.1. The van der Waals surface area contributed by atoms with E-state index >= 15 is 0 Å². The normalized spacial score (nSPS) is 18.6. The Kier molecular flexibility index (Phi) is 3.68. The Balaban J connectivity index is 1.81. The third-order valence-electron chi connectivity index (χ3n) is 4.83. The number of nitrogens with one attached hydrogen (secondary N) is 1. The quantitative estimate of drug-likeness (QED) is 0.846. The van der Waals surface area contributed by atoms with Gasteiger partial charge in [0.05, 0.1) is 22.9 Å². The van der Waals surface area contributed by atoms with Crippen LogP contribution in [0.25, 0.3) is 0 Å². The highest BCUT2D eigenvalue weighted by atomic mass is 16.2. The SMILES string of the molecule is CC(=O)Nc1cccc2c1C(=O)CCC2N1C(=O)c2ccccc2C1=O. The number of rotatable bonds is 2. The molecule has 1 N–H and O–H groups in total. The molecule has 1 aliphatic heterocycles. The summed E-state index contributed by atoms with van der Waals surface area (Å²) in [7, 11) is 0. The monoisotopic (exact) mass is 348 g/mol. The van der Waals surface area contributed by atoms with Crippen LogP contribution in [0.2, 0.25) is 0 Å². The Morgan fingerprint density at radius 3 is 2.27 bits per heavy atom. The van der Waals surface area contributed by atoms with E-state index in [0.717, 1.165) is 0 Å². The number of hydrogen-bond donors (Lipinski definition) is 1. The predicted octanol–water partition coefficient (Wildman–Crippen LogP) is 2.96. The molecule has 2 aromatic rings. The smallest absolute Gasteiger partial charge is 0.262 e. The number of anilines is 1. The van der Waals surface area contributed by atoms with E-state index < -0.39 is 6.04 Å². The van der Waals surface area contributed by atoms with Crippen molar-refractivity contribution in [2.45, 2.75) is 25.8 Å². The molecule has 1 atom stereocenters. The van der Waals surface area contributed by atoms with Crippen LogP contribution >= 0.6 is 0 Å². The zero-order valence-corrected chi connectivity index (χ0v) is 14.1. The number of fused-ring (bicyclic) bond motifs is 2. The van der Waals surface area contributed by atoms with Crippen molar-refractivity contribution in [1.29, 1.82) is 0 Å². The second-order valence-corrected chi connectivity index (χ2v) is 6.45. The lowest BCUT2D eigenvalue weighted by molar-refractivity contribution is -0.114. The summed E-state index contributed by atoms with van der Waals surface area (Å²) in [5.41, 5.74) is 2.17. The fourth-order valence-corrected chi connectivity index (χ4v) is 3.76. The highest BCUT2D eigenvalue weighted by Crippen LogP contribution is 2.41. The van der Waals surface area contributed by atoms with Crippen molar-refractivity contribution in [3.63, 3.8) is 0 Å². The van der Waals surface area contributed by atoms with Crippen LogP contribution in [0, 0.1) is 0 Å². The van der Waals surface area contributed by atoms with Gasteiger partial charge in [-0.15, -0.1) is 0 Å². The largest absolute Gasteiger partial charge is 0.326 e. The molecule has 2 aliphatic rings. The first-order valence-electron chi connectivity index (χ1n) is 8.39. The molecule has 0 fully saturated rings. The highest BCUT2D eigenvalue weighted by Gasteiger charge is 2.43. The molecule has 3 amide bonds. The Morgan fingerprint density at radius 2 is 1.65 bits per heavy atom. The number of carbonyl (C=O) groups is 4. The summed E-state index contributed by atoms with van der Waals surface area (Å²) in [5, 5.41) is 2.67. The van der Waals surface area contributed by atoms with Gasteiger partial charge < -0.3 is 5.32 Å². The summed E-state index contributed by atoms with van der Waals surface area (Å²) in [6.07, 6.45) is 0.586. The molecular formula is C20H16N2O4. The van der Waals surface area contributed by atoms with E-state index in [2.05, 4.69) is 5.32 Å². The molecule has 4 rings (SSSR count). The van der Waals surface area contributed by atoms with Gasteiger partial charge in [-0.05, 0) is 30.2 Å². The number of nitrogens with zero attached hydrogens (tertiary/aromatic N) is 1. The van der Waals surface area contributed by atoms with Gasteiger partial charge in [-0.2, -0.15) is 0 Å². The number of hydrogen-bond acceptors (Lipinski definition) is 4. The number of imide groups is 1. The maximum Gasteiger partial charge on any atom is 0.262 e. The minimum absolute atomic E-state index is 0.0998. The van der Waals surface area contributed by atoms with Gasteiger partial charge in [0.25, 0.3) is 11.8 Å². The number of carbonyl (C=O) groups excluding carboxylic acids is 4. The Hall–Kier alpha value is -3.28. The average Bonchev–Trinajstić information content (AvgIpc) is 2.87. The van der Waals surface area contributed by atoms with Gasteiger partial charge in [0.15, 0.2) is 5.78 Å². The standard InChI is InChI=1S/C20H16N2O4/c1-11(23)21-15-8-4-7-14-16(9-10-17(24)18(14)15)22-19(25)12-5-2-3-6-13(12)20(22)26/h2-8,16H,9-10H2,1H3,(H,21,23). The summed E-state index contributed by atoms with van der Waals surface area (Å²) in [4.78, 5) is 50.8. The molecule has 26 heavy (non-hydrogen) atoms. The lowest BCUT2D eigenvalue weighted by Crippen LogP contribution is -2.37. The van der Waals surface area contributed by atoms with Crippen LogP contribution < -0.4 is 5.32 Å². The molecule has 1 unspecified atom stereocenters. The third kappa shape index (κ3) is 2.34. The summed E-state index contributed by atoms with van der Waals surface area (Å²) in [5.74, 6) is -1.08. The topological polar surface area (TPSA) is 83.6 Å². The van der Waals surface area contributed by atoms with Crippen molar-refractivity contribution in [2.24, 2.45) is 0 Å². The molecule has 0 bridgehead atoms. The fourth-order valence-electron chi connectivity index (χ4n) is 3.76. The van der Waals surface area contributed by atoms with Crippen molar-refractivity contribution in [3.8, 4) is 0 Å². The first kappa shape index (κ1) is 16.2. The second kappa shape index (κ2) is 5.91. The maximum absolute atomic E-state index is 12.8. The van der Waals surface area contributed by atoms with Gasteiger partial charge in [0.2, 0.25) is 5.91 Å². The zero-order chi connectivity index (χ0) is 18.4. The number of ketones is 1. The van der Waals surface area contributed by atoms with Crippen molar-refractivity contribution in [3.05, 3.63) is 64.7 Å². The lowest BCUT2D eigenvalue weighted by atomic mass is 9.84. The molecule has 0 saturated carbocycles. The summed E-state index contributed by atoms with van der Waals surface area (Å²) >= 11 is 0. The average molecular weight is 348 g/mol. The number of amides is 3. The van der Waals surface area contributed by atoms with Gasteiger partial charge >= 0.3 is 0 Å². The molecule has 130 valence electrons. The van der Waals surface area contributed by atoms with Crippen LogP contribution in [0.1, 0.15) is 62.4 Å². The molecule has 0 spiro atoms. The second-order valence-electron chi connectivity index (χ2n) is 6.45. The third-order valence-corrected chi connectivity index (χ3v) is 4.83. The van der Waals surface area contributed by atoms with Gasteiger partial charge in [-0.1, -0.05) is 24.3 Å². The van der Waals surface area contributed by atoms with Crippen LogP contribution in [0.4, 0.5) is 5.69 Å². The minimum atomic E-state index is -0.524. The molecule has 6 heteroatoms. The number of Topliss-reactive ketones (excluding diaryl/α,β-unsaturated/α-hetero) is 1. The molecule has 6 nitrogen and oxygen atoms in total. The van der Waals surface area contributed by atoms with Crippen molar-refractivity contribution < 1.29 is 19.2 Å². The van der Waals surface area contributed by atoms with Crippen LogP contribution in [-0.2, 0) is 4.79 Å². The van der Waals surface area contributed by atoms with E-state index in [4.69, 9.17) is 0 Å². The number of benzene rings is 2. The Labute approximate surface area is 149 Å². The van der Waals surface area contributed by atoms with Crippen molar-refractivity contribution in [1.82, 2.24) is 4.90 Å². The van der Waals surface area contributed by atoms with E-state index in [1.807, 2.05) is 0 Å². The molecule has 1 aliphatic carbocycles. The molecule has 0 aromatic heterocycles. The van der Waals surface area contributed by atoms with Crippen LogP contribution in [0.5, 0.6) is 0 Å². The van der Waals surface area contributed by atoms with Gasteiger partial charge in [-0.25, -0.2) is 0 Å². The van der Waals surface area contributed by atoms with Crippen LogP contribution in [0.15, 0.2) is 42.5 Å². The van der Waals surface area contributed by atoms with E-state index in [1.54, 1.807) is 42.5 Å². The molecule has 1 heterocycles. The van der Waals surface area contributed by atoms with Gasteiger partial charge in [0, 0.05) is 18.9 Å². The summed E-state index contributed by atoms with van der Waals surface area (Å²) in [6, 6.07) is 11.3. The lowest BCUT2D eigenvalue weighted by Gasteiger charge is -2.32. The maximum atomic E-state index is 12.8. The van der Waals surface area contributed by atoms with E-state index in [9.17, 15) is 19.2 Å². The summed E-state index contributed by atoms with van der Waals surface area (Å²) in [6.45, 7) is 1.37. The summed E-state index contributed by atoms with van der Waals surface area (Å²) < 4.78 is 0. The fraction of sp³-hybridized carbons (Fsp3) is 0.200. The molecule has 2 aromatic carbocycles.